The molecule has 2 aromatic rings. The summed E-state index contributed by atoms with van der Waals surface area (Å²) in [7, 11) is 1.35. The van der Waals surface area contributed by atoms with E-state index in [1.807, 2.05) is 24.3 Å². The number of hydrogen-bond donors (Lipinski definition) is 0. The average Bonchev–Trinajstić information content (AvgIpc) is 2.46. The van der Waals surface area contributed by atoms with Gasteiger partial charge in [0.2, 0.25) is 0 Å². The number of hydrogen-bond acceptors (Lipinski definition) is 3. The lowest BCUT2D eigenvalue weighted by atomic mass is 10.1. The molecule has 0 radical (unpaired) electrons. The van der Waals surface area contributed by atoms with Crippen LogP contribution in [0.5, 0.6) is 5.75 Å². The molecule has 0 saturated carbocycles. The molecule has 0 aromatic heterocycles. The predicted octanol–water partition coefficient (Wildman–Crippen LogP) is 4.47. The SMILES string of the molecule is COC(=O)c1cc(Br)ccc1COc1ccccc1Cl. The van der Waals surface area contributed by atoms with Crippen molar-refractivity contribution in [3.05, 3.63) is 63.1 Å². The van der Waals surface area contributed by atoms with Gasteiger partial charge in [-0.1, -0.05) is 45.7 Å². The highest BCUT2D eigenvalue weighted by atomic mass is 79.9. The molecule has 0 spiro atoms. The minimum absolute atomic E-state index is 0.238. The van der Waals surface area contributed by atoms with Gasteiger partial charge in [0, 0.05) is 10.0 Å². The second-order valence-corrected chi connectivity index (χ2v) is 5.34. The lowest BCUT2D eigenvalue weighted by Gasteiger charge is -2.11. The first kappa shape index (κ1) is 14.9. The summed E-state index contributed by atoms with van der Waals surface area (Å²) >= 11 is 9.35. The third kappa shape index (κ3) is 3.52. The summed E-state index contributed by atoms with van der Waals surface area (Å²) in [5, 5.41) is 0.532. The molecule has 0 atom stereocenters. The van der Waals surface area contributed by atoms with E-state index in [0.717, 1.165) is 10.0 Å². The number of halogens is 2. The van der Waals surface area contributed by atoms with E-state index < -0.39 is 5.97 Å². The number of carbonyl (C=O) groups excluding carboxylic acids is 1. The van der Waals surface area contributed by atoms with Crippen molar-refractivity contribution in [3.63, 3.8) is 0 Å². The molecule has 0 amide bonds. The largest absolute Gasteiger partial charge is 0.487 e. The minimum Gasteiger partial charge on any atom is -0.487 e. The Kier molecular flexibility index (Phi) is 5.04. The molecule has 0 aliphatic rings. The molecule has 20 heavy (non-hydrogen) atoms. The van der Waals surface area contributed by atoms with E-state index in [4.69, 9.17) is 21.1 Å². The van der Waals surface area contributed by atoms with E-state index in [9.17, 15) is 4.79 Å². The van der Waals surface area contributed by atoms with Gasteiger partial charge in [0.1, 0.15) is 12.4 Å². The summed E-state index contributed by atoms with van der Waals surface area (Å²) in [6.07, 6.45) is 0. The van der Waals surface area contributed by atoms with Crippen molar-refractivity contribution in [1.29, 1.82) is 0 Å². The van der Waals surface area contributed by atoms with Crippen molar-refractivity contribution >= 4 is 33.5 Å². The van der Waals surface area contributed by atoms with Gasteiger partial charge < -0.3 is 9.47 Å². The van der Waals surface area contributed by atoms with Crippen molar-refractivity contribution < 1.29 is 14.3 Å². The highest BCUT2D eigenvalue weighted by Crippen LogP contribution is 2.25. The quantitative estimate of drug-likeness (QED) is 0.759. The van der Waals surface area contributed by atoms with Crippen molar-refractivity contribution in [2.45, 2.75) is 6.61 Å². The van der Waals surface area contributed by atoms with Gasteiger partial charge in [0.15, 0.2) is 0 Å². The lowest BCUT2D eigenvalue weighted by molar-refractivity contribution is 0.0597. The third-order valence-electron chi connectivity index (χ3n) is 2.70. The topological polar surface area (TPSA) is 35.5 Å². The maximum Gasteiger partial charge on any atom is 0.338 e. The van der Waals surface area contributed by atoms with Gasteiger partial charge in [-0.2, -0.15) is 0 Å². The zero-order valence-corrected chi connectivity index (χ0v) is 13.1. The molecule has 2 aromatic carbocycles. The van der Waals surface area contributed by atoms with Gasteiger partial charge in [0.05, 0.1) is 17.7 Å². The predicted molar refractivity (Wildman–Crippen MR) is 81.3 cm³/mol. The van der Waals surface area contributed by atoms with Crippen LogP contribution in [0.3, 0.4) is 0 Å². The molecule has 0 N–H and O–H groups in total. The molecule has 0 bridgehead atoms. The summed E-state index contributed by atoms with van der Waals surface area (Å²) in [6, 6.07) is 12.6. The Labute approximate surface area is 130 Å². The first-order chi connectivity index (χ1) is 9.61. The van der Waals surface area contributed by atoms with E-state index in [0.29, 0.717) is 16.3 Å². The molecule has 0 fully saturated rings. The Morgan fingerprint density at radius 3 is 2.70 bits per heavy atom. The fourth-order valence-corrected chi connectivity index (χ4v) is 2.24. The Balaban J connectivity index is 2.21. The Morgan fingerprint density at radius 2 is 2.00 bits per heavy atom. The number of rotatable bonds is 4. The molecular weight excluding hydrogens is 344 g/mol. The van der Waals surface area contributed by atoms with Crippen LogP contribution in [-0.4, -0.2) is 13.1 Å². The number of methoxy groups -OCH3 is 1. The maximum atomic E-state index is 11.7. The van der Waals surface area contributed by atoms with Crippen molar-refractivity contribution in [1.82, 2.24) is 0 Å². The summed E-state index contributed by atoms with van der Waals surface area (Å²) in [5.41, 5.74) is 1.20. The van der Waals surface area contributed by atoms with Gasteiger partial charge >= 0.3 is 5.97 Å². The molecular formula is C15H12BrClO3. The summed E-state index contributed by atoms with van der Waals surface area (Å²) in [5.74, 6) is 0.178. The van der Waals surface area contributed by atoms with Crippen molar-refractivity contribution in [3.8, 4) is 5.75 Å². The van der Waals surface area contributed by atoms with Crippen LogP contribution in [0.2, 0.25) is 5.02 Å². The van der Waals surface area contributed by atoms with E-state index in [1.54, 1.807) is 18.2 Å². The number of ether oxygens (including phenoxy) is 2. The van der Waals surface area contributed by atoms with Gasteiger partial charge in [0.25, 0.3) is 0 Å². The highest BCUT2D eigenvalue weighted by molar-refractivity contribution is 9.10. The van der Waals surface area contributed by atoms with Crippen LogP contribution in [0.4, 0.5) is 0 Å². The molecule has 0 aliphatic heterocycles. The normalized spacial score (nSPS) is 10.2. The fourth-order valence-electron chi connectivity index (χ4n) is 1.69. The number of benzene rings is 2. The van der Waals surface area contributed by atoms with Crippen LogP contribution < -0.4 is 4.74 Å². The van der Waals surface area contributed by atoms with E-state index in [2.05, 4.69) is 15.9 Å². The Morgan fingerprint density at radius 1 is 1.25 bits per heavy atom. The highest BCUT2D eigenvalue weighted by Gasteiger charge is 2.13. The summed E-state index contributed by atoms with van der Waals surface area (Å²) in [4.78, 5) is 11.7. The van der Waals surface area contributed by atoms with E-state index in [1.165, 1.54) is 7.11 Å². The number of para-hydroxylation sites is 1. The average molecular weight is 356 g/mol. The fraction of sp³-hybridized carbons (Fsp3) is 0.133. The van der Waals surface area contributed by atoms with Gasteiger partial charge in [-0.25, -0.2) is 4.79 Å². The molecule has 2 rings (SSSR count). The number of esters is 1. The zero-order chi connectivity index (χ0) is 14.5. The first-order valence-electron chi connectivity index (χ1n) is 5.86. The van der Waals surface area contributed by atoms with Gasteiger partial charge in [-0.15, -0.1) is 0 Å². The van der Waals surface area contributed by atoms with Gasteiger partial charge in [-0.3, -0.25) is 0 Å². The van der Waals surface area contributed by atoms with Crippen LogP contribution in [-0.2, 0) is 11.3 Å². The zero-order valence-electron chi connectivity index (χ0n) is 10.7. The van der Waals surface area contributed by atoms with E-state index in [-0.39, 0.29) is 6.61 Å². The lowest BCUT2D eigenvalue weighted by Crippen LogP contribution is -2.08. The molecule has 0 aliphatic carbocycles. The molecule has 5 heteroatoms. The van der Waals surface area contributed by atoms with Crippen molar-refractivity contribution in [2.75, 3.05) is 7.11 Å². The van der Waals surface area contributed by atoms with Crippen LogP contribution in [0, 0.1) is 0 Å². The van der Waals surface area contributed by atoms with Crippen LogP contribution in [0.25, 0.3) is 0 Å². The maximum absolute atomic E-state index is 11.7. The van der Waals surface area contributed by atoms with Crippen LogP contribution >= 0.6 is 27.5 Å². The summed E-state index contributed by atoms with van der Waals surface area (Å²) in [6.45, 7) is 0.238. The molecule has 0 saturated heterocycles. The van der Waals surface area contributed by atoms with Crippen LogP contribution in [0.1, 0.15) is 15.9 Å². The summed E-state index contributed by atoms with van der Waals surface area (Å²) < 4.78 is 11.2. The Bertz CT molecular complexity index is 628. The smallest absolute Gasteiger partial charge is 0.338 e. The minimum atomic E-state index is -0.399. The van der Waals surface area contributed by atoms with Crippen molar-refractivity contribution in [2.24, 2.45) is 0 Å². The second kappa shape index (κ2) is 6.77. The third-order valence-corrected chi connectivity index (χ3v) is 3.50. The van der Waals surface area contributed by atoms with Gasteiger partial charge in [-0.05, 0) is 24.3 Å². The molecule has 0 heterocycles. The molecule has 0 unspecified atom stereocenters. The standard InChI is InChI=1S/C15H12BrClO3/c1-19-15(18)12-8-11(16)7-6-10(12)9-20-14-5-3-2-4-13(14)17/h2-8H,9H2,1H3. The molecule has 104 valence electrons. The molecule has 3 nitrogen and oxygen atoms in total. The van der Waals surface area contributed by atoms with E-state index >= 15 is 0 Å². The number of carbonyl (C=O) groups is 1. The monoisotopic (exact) mass is 354 g/mol. The Hall–Kier alpha value is -1.52. The first-order valence-corrected chi connectivity index (χ1v) is 7.03. The second-order valence-electron chi connectivity index (χ2n) is 4.01. The van der Waals surface area contributed by atoms with Crippen LogP contribution in [0.15, 0.2) is 46.9 Å².